The molecule has 1 atom stereocenters. The average molecular weight is 497 g/mol. The number of para-hydroxylation sites is 2. The molecule has 8 heteroatoms. The molecule has 0 aliphatic rings. The lowest BCUT2D eigenvalue weighted by atomic mass is 10.1. The third-order valence-electron chi connectivity index (χ3n) is 5.35. The number of ether oxygens (including phenoxy) is 3. The molecule has 3 aromatic carbocycles. The number of carbonyl (C=O) groups excluding carboxylic acids is 2. The second-order valence-corrected chi connectivity index (χ2v) is 8.08. The summed E-state index contributed by atoms with van der Waals surface area (Å²) in [5.74, 6) is 1.06. The van der Waals surface area contributed by atoms with E-state index >= 15 is 0 Å². The summed E-state index contributed by atoms with van der Waals surface area (Å²) in [6.45, 7) is 2.25. The molecule has 0 spiro atoms. The third kappa shape index (κ3) is 6.90. The van der Waals surface area contributed by atoms with E-state index in [0.29, 0.717) is 52.9 Å². The number of hydrogen-bond donors (Lipinski definition) is 2. The summed E-state index contributed by atoms with van der Waals surface area (Å²) in [6, 6.07) is 19.5. The topological polar surface area (TPSA) is 85.9 Å². The minimum Gasteiger partial charge on any atom is -0.493 e. The molecule has 35 heavy (non-hydrogen) atoms. The lowest BCUT2D eigenvalue weighted by Gasteiger charge is -2.19. The highest BCUT2D eigenvalue weighted by atomic mass is 35.5. The Morgan fingerprint density at radius 3 is 2.34 bits per heavy atom. The first-order chi connectivity index (χ1) is 17.0. The van der Waals surface area contributed by atoms with Gasteiger partial charge in [-0.1, -0.05) is 48.9 Å². The Balaban J connectivity index is 1.63. The first-order valence-corrected chi connectivity index (χ1v) is 11.6. The molecule has 3 rings (SSSR count). The predicted molar refractivity (Wildman–Crippen MR) is 137 cm³/mol. The van der Waals surface area contributed by atoms with Gasteiger partial charge in [-0.05, 0) is 54.8 Å². The largest absolute Gasteiger partial charge is 0.493 e. The molecule has 0 aromatic heterocycles. The van der Waals surface area contributed by atoms with E-state index in [1.54, 1.807) is 62.8 Å². The van der Waals surface area contributed by atoms with E-state index in [1.165, 1.54) is 0 Å². The first kappa shape index (κ1) is 25.9. The molecular formula is C27H29ClN2O5. The highest BCUT2D eigenvalue weighted by Gasteiger charge is 2.21. The Hall–Kier alpha value is -3.71. The zero-order valence-electron chi connectivity index (χ0n) is 20.0. The molecule has 0 fully saturated rings. The van der Waals surface area contributed by atoms with Crippen molar-refractivity contribution < 1.29 is 23.8 Å². The summed E-state index contributed by atoms with van der Waals surface area (Å²) in [5, 5.41) is 6.15. The number of halogens is 1. The van der Waals surface area contributed by atoms with Gasteiger partial charge in [0.2, 0.25) is 0 Å². The van der Waals surface area contributed by atoms with Crippen LogP contribution in [0.2, 0.25) is 5.02 Å². The van der Waals surface area contributed by atoms with Crippen molar-refractivity contribution in [1.29, 1.82) is 0 Å². The van der Waals surface area contributed by atoms with Crippen molar-refractivity contribution in [2.75, 3.05) is 26.1 Å². The molecular weight excluding hydrogens is 468 g/mol. The third-order valence-corrected chi connectivity index (χ3v) is 5.66. The van der Waals surface area contributed by atoms with E-state index in [9.17, 15) is 9.59 Å². The van der Waals surface area contributed by atoms with Gasteiger partial charge in [-0.25, -0.2) is 0 Å². The van der Waals surface area contributed by atoms with Crippen molar-refractivity contribution in [3.8, 4) is 17.2 Å². The molecule has 2 N–H and O–H groups in total. The normalized spacial score (nSPS) is 11.3. The zero-order chi connectivity index (χ0) is 25.2. The van der Waals surface area contributed by atoms with E-state index in [-0.39, 0.29) is 11.8 Å². The average Bonchev–Trinajstić information content (AvgIpc) is 2.88. The number of nitrogens with one attached hydrogen (secondary N) is 2. The molecule has 0 radical (unpaired) electrons. The van der Waals surface area contributed by atoms with Crippen molar-refractivity contribution in [2.24, 2.45) is 0 Å². The highest BCUT2D eigenvalue weighted by Crippen LogP contribution is 2.28. The van der Waals surface area contributed by atoms with E-state index in [1.807, 2.05) is 25.1 Å². The van der Waals surface area contributed by atoms with Gasteiger partial charge in [0, 0.05) is 6.54 Å². The Bertz CT molecular complexity index is 1170. The second kappa shape index (κ2) is 12.7. The van der Waals surface area contributed by atoms with Gasteiger partial charge < -0.3 is 24.8 Å². The van der Waals surface area contributed by atoms with Crippen molar-refractivity contribution >= 4 is 29.1 Å². The number of hydrogen-bond acceptors (Lipinski definition) is 5. The fraction of sp³-hybridized carbons (Fsp3) is 0.259. The van der Waals surface area contributed by atoms with Gasteiger partial charge >= 0.3 is 0 Å². The predicted octanol–water partition coefficient (Wildman–Crippen LogP) is 5.13. The molecule has 0 saturated carbocycles. The van der Waals surface area contributed by atoms with Gasteiger partial charge in [0.1, 0.15) is 5.75 Å². The van der Waals surface area contributed by atoms with Crippen molar-refractivity contribution in [3.05, 3.63) is 82.9 Å². The molecule has 3 aromatic rings. The number of methoxy groups -OCH3 is 2. The van der Waals surface area contributed by atoms with E-state index < -0.39 is 6.10 Å². The Morgan fingerprint density at radius 1 is 0.914 bits per heavy atom. The van der Waals surface area contributed by atoms with E-state index in [2.05, 4.69) is 10.6 Å². The zero-order valence-corrected chi connectivity index (χ0v) is 20.7. The minimum atomic E-state index is -0.768. The SMILES string of the molecule is CC[C@H](Oc1ccccc1Cl)C(=O)Nc1ccccc1C(=O)NCCc1ccc(OC)c(OC)c1. The molecule has 0 saturated heterocycles. The summed E-state index contributed by atoms with van der Waals surface area (Å²) >= 11 is 6.16. The van der Waals surface area contributed by atoms with Crippen LogP contribution in [0.5, 0.6) is 17.2 Å². The molecule has 0 unspecified atom stereocenters. The van der Waals surface area contributed by atoms with Crippen molar-refractivity contribution in [3.63, 3.8) is 0 Å². The number of anilines is 1. The van der Waals surface area contributed by atoms with Crippen LogP contribution in [-0.4, -0.2) is 38.7 Å². The van der Waals surface area contributed by atoms with Crippen LogP contribution in [0.25, 0.3) is 0 Å². The summed E-state index contributed by atoms with van der Waals surface area (Å²) in [7, 11) is 3.16. The molecule has 7 nitrogen and oxygen atoms in total. The maximum absolute atomic E-state index is 12.9. The molecule has 2 amide bonds. The second-order valence-electron chi connectivity index (χ2n) is 7.68. The van der Waals surface area contributed by atoms with Gasteiger partial charge in [-0.3, -0.25) is 9.59 Å². The number of benzene rings is 3. The lowest BCUT2D eigenvalue weighted by molar-refractivity contribution is -0.122. The van der Waals surface area contributed by atoms with Gasteiger partial charge in [-0.15, -0.1) is 0 Å². The minimum absolute atomic E-state index is 0.290. The van der Waals surface area contributed by atoms with Crippen LogP contribution >= 0.6 is 11.6 Å². The summed E-state index contributed by atoms with van der Waals surface area (Å²) in [6.07, 6.45) is 0.261. The smallest absolute Gasteiger partial charge is 0.265 e. The molecule has 184 valence electrons. The van der Waals surface area contributed by atoms with Crippen LogP contribution < -0.4 is 24.8 Å². The Labute approximate surface area is 210 Å². The molecule has 0 aliphatic carbocycles. The van der Waals surface area contributed by atoms with E-state index in [0.717, 1.165) is 5.56 Å². The molecule has 0 heterocycles. The summed E-state index contributed by atoms with van der Waals surface area (Å²) < 4.78 is 16.4. The first-order valence-electron chi connectivity index (χ1n) is 11.3. The van der Waals surface area contributed by atoms with Crippen LogP contribution in [-0.2, 0) is 11.2 Å². The Kier molecular flexibility index (Phi) is 9.38. The maximum atomic E-state index is 12.9. The quantitative estimate of drug-likeness (QED) is 0.384. The van der Waals surface area contributed by atoms with Crippen LogP contribution in [0.1, 0.15) is 29.3 Å². The fourth-order valence-electron chi connectivity index (χ4n) is 3.47. The number of amides is 2. The van der Waals surface area contributed by atoms with Crippen LogP contribution in [0.15, 0.2) is 66.7 Å². The van der Waals surface area contributed by atoms with Crippen LogP contribution in [0, 0.1) is 0 Å². The highest BCUT2D eigenvalue weighted by molar-refractivity contribution is 6.32. The monoisotopic (exact) mass is 496 g/mol. The van der Waals surface area contributed by atoms with Gasteiger partial charge in [0.05, 0.1) is 30.5 Å². The molecule has 0 aliphatic heterocycles. The van der Waals surface area contributed by atoms with Gasteiger partial charge in [-0.2, -0.15) is 0 Å². The summed E-state index contributed by atoms with van der Waals surface area (Å²) in [5.41, 5.74) is 1.76. The summed E-state index contributed by atoms with van der Waals surface area (Å²) in [4.78, 5) is 25.8. The van der Waals surface area contributed by atoms with Gasteiger partial charge in [0.25, 0.3) is 11.8 Å². The van der Waals surface area contributed by atoms with Crippen LogP contribution in [0.3, 0.4) is 0 Å². The van der Waals surface area contributed by atoms with E-state index in [4.69, 9.17) is 25.8 Å². The standard InChI is InChI=1S/C27H29ClN2O5/c1-4-22(35-23-12-8-6-10-20(23)28)27(32)30-21-11-7-5-9-19(21)26(31)29-16-15-18-13-14-24(33-2)25(17-18)34-3/h5-14,17,22H,4,15-16H2,1-3H3,(H,29,31)(H,30,32)/t22-/m0/s1. The van der Waals surface area contributed by atoms with Gasteiger partial charge in [0.15, 0.2) is 17.6 Å². The maximum Gasteiger partial charge on any atom is 0.265 e. The Morgan fingerprint density at radius 2 is 1.63 bits per heavy atom. The van der Waals surface area contributed by atoms with Crippen molar-refractivity contribution in [1.82, 2.24) is 5.32 Å². The number of rotatable bonds is 11. The van der Waals surface area contributed by atoms with Crippen molar-refractivity contribution in [2.45, 2.75) is 25.9 Å². The van der Waals surface area contributed by atoms with Crippen LogP contribution in [0.4, 0.5) is 5.69 Å². The molecule has 0 bridgehead atoms. The lowest BCUT2D eigenvalue weighted by Crippen LogP contribution is -2.33. The fourth-order valence-corrected chi connectivity index (χ4v) is 3.65. The number of carbonyl (C=O) groups is 2.